The molecule has 0 bridgehead atoms. The van der Waals surface area contributed by atoms with Crippen molar-refractivity contribution in [2.45, 2.75) is 38.8 Å². The second-order valence-electron chi connectivity index (χ2n) is 8.01. The quantitative estimate of drug-likeness (QED) is 0.599. The Morgan fingerprint density at radius 1 is 1.14 bits per heavy atom. The van der Waals surface area contributed by atoms with Gasteiger partial charge in [-0.25, -0.2) is 0 Å². The van der Waals surface area contributed by atoms with Crippen molar-refractivity contribution in [3.8, 4) is 5.75 Å². The largest absolute Gasteiger partial charge is 0.490 e. The molecular formula is C22H36N4O2. The Kier molecular flexibility index (Phi) is 7.98. The van der Waals surface area contributed by atoms with E-state index in [0.29, 0.717) is 12.0 Å². The number of guanidine groups is 1. The molecule has 1 unspecified atom stereocenters. The Balaban J connectivity index is 1.47. The van der Waals surface area contributed by atoms with Crippen molar-refractivity contribution in [2.75, 3.05) is 53.0 Å². The summed E-state index contributed by atoms with van der Waals surface area (Å²) in [4.78, 5) is 9.46. The van der Waals surface area contributed by atoms with E-state index in [4.69, 9.17) is 9.47 Å². The summed E-state index contributed by atoms with van der Waals surface area (Å²) in [5.41, 5.74) is 0. The molecule has 1 aromatic carbocycles. The fraction of sp³-hybridized carbons (Fsp3) is 0.682. The fourth-order valence-electron chi connectivity index (χ4n) is 4.10. The molecule has 3 rings (SSSR count). The minimum absolute atomic E-state index is 0.286. The summed E-state index contributed by atoms with van der Waals surface area (Å²) in [5, 5.41) is 3.64. The van der Waals surface area contributed by atoms with Crippen LogP contribution in [0.5, 0.6) is 5.75 Å². The van der Waals surface area contributed by atoms with Crippen molar-refractivity contribution in [3.05, 3.63) is 30.3 Å². The molecule has 0 aromatic heterocycles. The van der Waals surface area contributed by atoms with E-state index in [1.807, 2.05) is 37.4 Å². The van der Waals surface area contributed by atoms with Gasteiger partial charge in [-0.3, -0.25) is 9.89 Å². The molecule has 0 radical (unpaired) electrons. The number of nitrogens with zero attached hydrogens (tertiary/aromatic N) is 3. The van der Waals surface area contributed by atoms with E-state index in [0.717, 1.165) is 70.5 Å². The zero-order valence-electron chi connectivity index (χ0n) is 17.6. The van der Waals surface area contributed by atoms with Crippen LogP contribution < -0.4 is 10.1 Å². The second kappa shape index (κ2) is 10.7. The van der Waals surface area contributed by atoms with E-state index in [2.05, 4.69) is 34.0 Å². The van der Waals surface area contributed by atoms with Crippen LogP contribution in [0.25, 0.3) is 0 Å². The molecule has 2 aliphatic rings. The average Bonchev–Trinajstić information content (AvgIpc) is 2.73. The lowest BCUT2D eigenvalue weighted by Gasteiger charge is -2.39. The van der Waals surface area contributed by atoms with Gasteiger partial charge in [0.15, 0.2) is 5.96 Å². The SMILES string of the molecule is CN=C(NCC(C(C)C)N1CCOCC1)N1CCC(Oc2ccccc2)CC1. The first-order valence-corrected chi connectivity index (χ1v) is 10.7. The third kappa shape index (κ3) is 5.85. The Morgan fingerprint density at radius 2 is 1.82 bits per heavy atom. The van der Waals surface area contributed by atoms with Crippen LogP contribution in [0.4, 0.5) is 0 Å². The molecule has 2 saturated heterocycles. The molecule has 1 atom stereocenters. The molecule has 0 amide bonds. The van der Waals surface area contributed by atoms with E-state index in [1.54, 1.807) is 0 Å². The smallest absolute Gasteiger partial charge is 0.193 e. The lowest BCUT2D eigenvalue weighted by Crippen LogP contribution is -2.54. The first kappa shape index (κ1) is 20.9. The maximum Gasteiger partial charge on any atom is 0.193 e. The summed E-state index contributed by atoms with van der Waals surface area (Å²) in [6, 6.07) is 10.6. The van der Waals surface area contributed by atoms with Crippen LogP contribution in [0.15, 0.2) is 35.3 Å². The number of para-hydroxylation sites is 1. The lowest BCUT2D eigenvalue weighted by molar-refractivity contribution is 0.00734. The molecule has 0 saturated carbocycles. The third-order valence-electron chi connectivity index (χ3n) is 5.75. The average molecular weight is 389 g/mol. The monoisotopic (exact) mass is 388 g/mol. The van der Waals surface area contributed by atoms with Crippen molar-refractivity contribution in [2.24, 2.45) is 10.9 Å². The number of benzene rings is 1. The number of nitrogens with one attached hydrogen (secondary N) is 1. The summed E-state index contributed by atoms with van der Waals surface area (Å²) in [7, 11) is 1.88. The van der Waals surface area contributed by atoms with Crippen molar-refractivity contribution in [3.63, 3.8) is 0 Å². The first-order chi connectivity index (χ1) is 13.7. The molecule has 2 aliphatic heterocycles. The predicted octanol–water partition coefficient (Wildman–Crippen LogP) is 2.46. The van der Waals surface area contributed by atoms with Gasteiger partial charge < -0.3 is 19.7 Å². The third-order valence-corrected chi connectivity index (χ3v) is 5.75. The Hall–Kier alpha value is -1.79. The molecule has 6 nitrogen and oxygen atoms in total. The van der Waals surface area contributed by atoms with Gasteiger partial charge >= 0.3 is 0 Å². The van der Waals surface area contributed by atoms with Gasteiger partial charge in [0.05, 0.1) is 13.2 Å². The summed E-state index contributed by atoms with van der Waals surface area (Å²) in [6.45, 7) is 11.2. The maximum absolute atomic E-state index is 6.12. The zero-order valence-corrected chi connectivity index (χ0v) is 17.6. The summed E-state index contributed by atoms with van der Waals surface area (Å²) in [5.74, 6) is 2.57. The second-order valence-corrected chi connectivity index (χ2v) is 8.01. The minimum Gasteiger partial charge on any atom is -0.490 e. The normalized spacial score (nSPS) is 21.0. The van der Waals surface area contributed by atoms with Gasteiger partial charge in [0, 0.05) is 58.7 Å². The number of morpholine rings is 1. The highest BCUT2D eigenvalue weighted by Gasteiger charge is 2.26. The van der Waals surface area contributed by atoms with Crippen LogP contribution in [0.3, 0.4) is 0 Å². The predicted molar refractivity (Wildman–Crippen MR) is 114 cm³/mol. The molecule has 0 spiro atoms. The van der Waals surface area contributed by atoms with Crippen molar-refractivity contribution >= 4 is 5.96 Å². The molecule has 2 fully saturated rings. The van der Waals surface area contributed by atoms with Crippen LogP contribution >= 0.6 is 0 Å². The number of piperidine rings is 1. The number of hydrogen-bond donors (Lipinski definition) is 1. The van der Waals surface area contributed by atoms with Crippen molar-refractivity contribution in [1.29, 1.82) is 0 Å². The van der Waals surface area contributed by atoms with Crippen molar-refractivity contribution < 1.29 is 9.47 Å². The lowest BCUT2D eigenvalue weighted by atomic mass is 10.0. The van der Waals surface area contributed by atoms with Crippen LogP contribution in [-0.4, -0.2) is 80.9 Å². The van der Waals surface area contributed by atoms with Gasteiger partial charge in [0.1, 0.15) is 11.9 Å². The van der Waals surface area contributed by atoms with Crippen molar-refractivity contribution in [1.82, 2.24) is 15.1 Å². The van der Waals surface area contributed by atoms with E-state index in [9.17, 15) is 0 Å². The fourth-order valence-corrected chi connectivity index (χ4v) is 4.10. The number of rotatable bonds is 6. The molecule has 6 heteroatoms. The highest BCUT2D eigenvalue weighted by Crippen LogP contribution is 2.19. The Morgan fingerprint density at radius 3 is 2.43 bits per heavy atom. The molecule has 1 N–H and O–H groups in total. The van der Waals surface area contributed by atoms with Gasteiger partial charge in [-0.1, -0.05) is 32.0 Å². The van der Waals surface area contributed by atoms with Gasteiger partial charge in [-0.05, 0) is 18.1 Å². The molecule has 0 aliphatic carbocycles. The van der Waals surface area contributed by atoms with Crippen LogP contribution in [0.1, 0.15) is 26.7 Å². The van der Waals surface area contributed by atoms with Crippen LogP contribution in [0.2, 0.25) is 0 Å². The van der Waals surface area contributed by atoms with Crippen LogP contribution in [0, 0.1) is 5.92 Å². The van der Waals surface area contributed by atoms with E-state index >= 15 is 0 Å². The Bertz CT molecular complexity index is 594. The van der Waals surface area contributed by atoms with Gasteiger partial charge in [0.2, 0.25) is 0 Å². The summed E-state index contributed by atoms with van der Waals surface area (Å²) < 4.78 is 11.6. The Labute approximate surface area is 169 Å². The molecule has 1 aromatic rings. The molecule has 2 heterocycles. The van der Waals surface area contributed by atoms with Gasteiger partial charge in [0.25, 0.3) is 0 Å². The van der Waals surface area contributed by atoms with E-state index < -0.39 is 0 Å². The van der Waals surface area contributed by atoms with E-state index in [1.165, 1.54) is 0 Å². The molecule has 28 heavy (non-hydrogen) atoms. The number of aliphatic imine (C=N–C) groups is 1. The standard InChI is InChI=1S/C22H36N4O2/c1-18(2)21(25-13-15-27-16-14-25)17-24-22(23-3)26-11-9-20(10-12-26)28-19-7-5-4-6-8-19/h4-8,18,20-21H,9-17H2,1-3H3,(H,23,24). The molecule has 156 valence electrons. The van der Waals surface area contributed by atoms with Gasteiger partial charge in [-0.2, -0.15) is 0 Å². The summed E-state index contributed by atoms with van der Waals surface area (Å²) >= 11 is 0. The highest BCUT2D eigenvalue weighted by molar-refractivity contribution is 5.80. The number of ether oxygens (including phenoxy) is 2. The molecular weight excluding hydrogens is 352 g/mol. The number of hydrogen-bond acceptors (Lipinski definition) is 4. The van der Waals surface area contributed by atoms with Gasteiger partial charge in [-0.15, -0.1) is 0 Å². The first-order valence-electron chi connectivity index (χ1n) is 10.7. The van der Waals surface area contributed by atoms with Crippen LogP contribution in [-0.2, 0) is 4.74 Å². The minimum atomic E-state index is 0.286. The van der Waals surface area contributed by atoms with E-state index in [-0.39, 0.29) is 6.10 Å². The number of likely N-dealkylation sites (tertiary alicyclic amines) is 1. The highest BCUT2D eigenvalue weighted by atomic mass is 16.5. The maximum atomic E-state index is 6.12. The summed E-state index contributed by atoms with van der Waals surface area (Å²) in [6.07, 6.45) is 2.33. The zero-order chi connectivity index (χ0) is 19.8. The topological polar surface area (TPSA) is 49.3 Å².